The predicted octanol–water partition coefficient (Wildman–Crippen LogP) is -0.0866. The summed E-state index contributed by atoms with van der Waals surface area (Å²) in [6, 6.07) is 0. The summed E-state index contributed by atoms with van der Waals surface area (Å²) in [6.07, 6.45) is 2.50. The van der Waals surface area contributed by atoms with Crippen molar-refractivity contribution in [3.63, 3.8) is 0 Å². The van der Waals surface area contributed by atoms with Gasteiger partial charge in [0.05, 0.1) is 12.7 Å². The molecular formula is C8H15NO2. The van der Waals surface area contributed by atoms with Gasteiger partial charge >= 0.3 is 0 Å². The lowest BCUT2D eigenvalue weighted by atomic mass is 10.0. The maximum Gasteiger partial charge on any atom is 0.0775 e. The molecule has 11 heavy (non-hydrogen) atoms. The van der Waals surface area contributed by atoms with Gasteiger partial charge in [0.2, 0.25) is 0 Å². The molecule has 3 nitrogen and oxygen atoms in total. The van der Waals surface area contributed by atoms with Crippen LogP contribution in [0.15, 0.2) is 11.6 Å². The largest absolute Gasteiger partial charge is 0.389 e. The van der Waals surface area contributed by atoms with Gasteiger partial charge in [-0.2, -0.15) is 0 Å². The van der Waals surface area contributed by atoms with Gasteiger partial charge in [0.1, 0.15) is 0 Å². The molecule has 0 aliphatic carbocycles. The van der Waals surface area contributed by atoms with Crippen LogP contribution in [0, 0.1) is 0 Å². The lowest BCUT2D eigenvalue weighted by Crippen LogP contribution is -2.33. The Balaban J connectivity index is 2.40. The van der Waals surface area contributed by atoms with Gasteiger partial charge in [-0.1, -0.05) is 6.08 Å². The fourth-order valence-electron chi connectivity index (χ4n) is 1.17. The molecule has 1 fully saturated rings. The number of ether oxygens (including phenoxy) is 1. The molecule has 0 bridgehead atoms. The molecule has 0 aromatic carbocycles. The molecule has 64 valence electrons. The van der Waals surface area contributed by atoms with E-state index < -0.39 is 0 Å². The number of methoxy groups -OCH3 is 1. The zero-order valence-corrected chi connectivity index (χ0v) is 6.84. The Morgan fingerprint density at radius 1 is 1.82 bits per heavy atom. The fourth-order valence-corrected chi connectivity index (χ4v) is 1.17. The van der Waals surface area contributed by atoms with Gasteiger partial charge in [0.15, 0.2) is 0 Å². The zero-order chi connectivity index (χ0) is 8.10. The standard InChI is InChI=1S/C8H15NO2/c1-11-5-3-7-6-9-4-2-8(7)10/h3,8-10H,2,4-6H2,1H3. The summed E-state index contributed by atoms with van der Waals surface area (Å²) < 4.78 is 4.88. The summed E-state index contributed by atoms with van der Waals surface area (Å²) in [5, 5.41) is 12.6. The highest BCUT2D eigenvalue weighted by Gasteiger charge is 2.14. The van der Waals surface area contributed by atoms with Gasteiger partial charge in [-0.25, -0.2) is 0 Å². The molecule has 1 saturated heterocycles. The number of aliphatic hydroxyl groups excluding tert-OH is 1. The van der Waals surface area contributed by atoms with Crippen molar-refractivity contribution in [2.45, 2.75) is 12.5 Å². The van der Waals surface area contributed by atoms with Gasteiger partial charge in [-0.15, -0.1) is 0 Å². The Kier molecular flexibility index (Phi) is 3.56. The Labute approximate surface area is 67.1 Å². The van der Waals surface area contributed by atoms with E-state index in [1.807, 2.05) is 6.08 Å². The Hall–Kier alpha value is -0.380. The average Bonchev–Trinajstić information content (AvgIpc) is 2.03. The first-order valence-electron chi connectivity index (χ1n) is 3.91. The van der Waals surface area contributed by atoms with E-state index in [0.717, 1.165) is 25.1 Å². The van der Waals surface area contributed by atoms with Gasteiger partial charge < -0.3 is 15.2 Å². The third kappa shape index (κ3) is 2.61. The topological polar surface area (TPSA) is 41.5 Å². The normalized spacial score (nSPS) is 29.3. The molecule has 1 rings (SSSR count). The first-order valence-corrected chi connectivity index (χ1v) is 3.91. The summed E-state index contributed by atoms with van der Waals surface area (Å²) in [5.74, 6) is 0. The molecular weight excluding hydrogens is 142 g/mol. The van der Waals surface area contributed by atoms with Crippen LogP contribution in [-0.2, 0) is 4.74 Å². The van der Waals surface area contributed by atoms with E-state index in [4.69, 9.17) is 4.74 Å². The van der Waals surface area contributed by atoms with Crippen LogP contribution >= 0.6 is 0 Å². The highest BCUT2D eigenvalue weighted by molar-refractivity contribution is 5.12. The van der Waals surface area contributed by atoms with E-state index in [2.05, 4.69) is 5.32 Å². The average molecular weight is 157 g/mol. The number of aliphatic hydroxyl groups is 1. The Morgan fingerprint density at radius 3 is 3.27 bits per heavy atom. The minimum atomic E-state index is -0.258. The van der Waals surface area contributed by atoms with Crippen molar-refractivity contribution in [2.75, 3.05) is 26.8 Å². The molecule has 0 amide bonds. The minimum Gasteiger partial charge on any atom is -0.389 e. The second-order valence-corrected chi connectivity index (χ2v) is 2.72. The van der Waals surface area contributed by atoms with Crippen LogP contribution in [0.25, 0.3) is 0 Å². The number of rotatable bonds is 2. The van der Waals surface area contributed by atoms with Crippen molar-refractivity contribution in [3.8, 4) is 0 Å². The smallest absolute Gasteiger partial charge is 0.0775 e. The van der Waals surface area contributed by atoms with Gasteiger partial charge in [-0.3, -0.25) is 0 Å². The molecule has 0 spiro atoms. The highest BCUT2D eigenvalue weighted by atomic mass is 16.5. The van der Waals surface area contributed by atoms with Gasteiger partial charge in [0, 0.05) is 13.7 Å². The third-order valence-electron chi connectivity index (χ3n) is 1.86. The molecule has 0 aromatic heterocycles. The summed E-state index contributed by atoms with van der Waals surface area (Å²) in [6.45, 7) is 2.30. The summed E-state index contributed by atoms with van der Waals surface area (Å²) in [5.41, 5.74) is 1.05. The maximum atomic E-state index is 9.43. The highest BCUT2D eigenvalue weighted by Crippen LogP contribution is 2.08. The molecule has 2 N–H and O–H groups in total. The predicted molar refractivity (Wildman–Crippen MR) is 43.5 cm³/mol. The quantitative estimate of drug-likeness (QED) is 0.551. The van der Waals surface area contributed by atoms with Gasteiger partial charge in [-0.05, 0) is 18.5 Å². The first kappa shape index (κ1) is 8.71. The van der Waals surface area contributed by atoms with Crippen molar-refractivity contribution in [3.05, 3.63) is 11.6 Å². The molecule has 1 atom stereocenters. The van der Waals surface area contributed by atoms with Crippen LogP contribution in [0.2, 0.25) is 0 Å². The number of piperidine rings is 1. The minimum absolute atomic E-state index is 0.258. The number of nitrogens with one attached hydrogen (secondary N) is 1. The van der Waals surface area contributed by atoms with Crippen molar-refractivity contribution in [1.82, 2.24) is 5.32 Å². The van der Waals surface area contributed by atoms with Crippen LogP contribution in [0.1, 0.15) is 6.42 Å². The van der Waals surface area contributed by atoms with Crippen molar-refractivity contribution >= 4 is 0 Å². The second-order valence-electron chi connectivity index (χ2n) is 2.72. The molecule has 1 aliphatic rings. The molecule has 0 radical (unpaired) electrons. The lowest BCUT2D eigenvalue weighted by Gasteiger charge is -2.21. The molecule has 0 aromatic rings. The van der Waals surface area contributed by atoms with Crippen LogP contribution in [0.3, 0.4) is 0 Å². The summed E-state index contributed by atoms with van der Waals surface area (Å²) in [4.78, 5) is 0. The SMILES string of the molecule is COCC=C1CNCCC1O. The molecule has 1 aliphatic heterocycles. The second kappa shape index (κ2) is 4.49. The van der Waals surface area contributed by atoms with E-state index in [1.54, 1.807) is 7.11 Å². The van der Waals surface area contributed by atoms with Crippen LogP contribution < -0.4 is 5.32 Å². The van der Waals surface area contributed by atoms with Crippen molar-refractivity contribution < 1.29 is 9.84 Å². The molecule has 3 heteroatoms. The first-order chi connectivity index (χ1) is 5.34. The molecule has 1 heterocycles. The van der Waals surface area contributed by atoms with Gasteiger partial charge in [0.25, 0.3) is 0 Å². The van der Waals surface area contributed by atoms with Crippen molar-refractivity contribution in [1.29, 1.82) is 0 Å². The third-order valence-corrected chi connectivity index (χ3v) is 1.86. The van der Waals surface area contributed by atoms with E-state index in [-0.39, 0.29) is 6.10 Å². The Bertz CT molecular complexity index is 145. The van der Waals surface area contributed by atoms with E-state index in [0.29, 0.717) is 6.61 Å². The fraction of sp³-hybridized carbons (Fsp3) is 0.750. The van der Waals surface area contributed by atoms with Crippen LogP contribution in [-0.4, -0.2) is 38.0 Å². The molecule has 1 unspecified atom stereocenters. The monoisotopic (exact) mass is 157 g/mol. The number of hydrogen-bond acceptors (Lipinski definition) is 3. The van der Waals surface area contributed by atoms with Crippen molar-refractivity contribution in [2.24, 2.45) is 0 Å². The zero-order valence-electron chi connectivity index (χ0n) is 6.84. The summed E-state index contributed by atoms with van der Waals surface area (Å²) >= 11 is 0. The maximum absolute atomic E-state index is 9.43. The number of hydrogen-bond donors (Lipinski definition) is 2. The van der Waals surface area contributed by atoms with E-state index >= 15 is 0 Å². The lowest BCUT2D eigenvalue weighted by molar-refractivity contribution is 0.179. The van der Waals surface area contributed by atoms with E-state index in [1.165, 1.54) is 0 Å². The Morgan fingerprint density at radius 2 is 2.64 bits per heavy atom. The van der Waals surface area contributed by atoms with Crippen LogP contribution in [0.5, 0.6) is 0 Å². The molecule has 0 saturated carbocycles. The van der Waals surface area contributed by atoms with Crippen LogP contribution in [0.4, 0.5) is 0 Å². The summed E-state index contributed by atoms with van der Waals surface area (Å²) in [7, 11) is 1.65. The van der Waals surface area contributed by atoms with E-state index in [9.17, 15) is 5.11 Å².